The molecule has 0 spiro atoms. The average molecular weight is 241 g/mol. The molecular formula is C12H23N3O2. The van der Waals surface area contributed by atoms with Gasteiger partial charge in [0, 0.05) is 13.1 Å². The van der Waals surface area contributed by atoms with Crippen molar-refractivity contribution in [2.75, 3.05) is 20.1 Å². The first-order chi connectivity index (χ1) is 8.13. The summed E-state index contributed by atoms with van der Waals surface area (Å²) < 4.78 is 0. The highest BCUT2D eigenvalue weighted by molar-refractivity contribution is 5.81. The number of nitrogens with one attached hydrogen (secondary N) is 3. The van der Waals surface area contributed by atoms with Crippen LogP contribution in [0.25, 0.3) is 0 Å². The van der Waals surface area contributed by atoms with Gasteiger partial charge in [-0.2, -0.15) is 0 Å². The van der Waals surface area contributed by atoms with Gasteiger partial charge in [0.05, 0.1) is 13.1 Å². The average Bonchev–Trinajstić information content (AvgIpc) is 2.32. The number of hydrogen-bond acceptors (Lipinski definition) is 3. The molecule has 2 atom stereocenters. The summed E-state index contributed by atoms with van der Waals surface area (Å²) in [6.07, 6.45) is 4.72. The van der Waals surface area contributed by atoms with Crippen LogP contribution in [0.2, 0.25) is 0 Å². The van der Waals surface area contributed by atoms with E-state index in [1.165, 1.54) is 19.3 Å². The van der Waals surface area contributed by atoms with Crippen LogP contribution in [0.4, 0.5) is 0 Å². The number of amides is 2. The van der Waals surface area contributed by atoms with Crippen LogP contribution in [-0.4, -0.2) is 38.0 Å². The highest BCUT2D eigenvalue weighted by Gasteiger charge is 2.22. The minimum absolute atomic E-state index is 0.0207. The molecule has 98 valence electrons. The smallest absolute Gasteiger partial charge is 0.234 e. The monoisotopic (exact) mass is 241 g/mol. The quantitative estimate of drug-likeness (QED) is 0.635. The van der Waals surface area contributed by atoms with E-state index < -0.39 is 0 Å². The molecule has 0 aromatic carbocycles. The van der Waals surface area contributed by atoms with Crippen LogP contribution in [0.3, 0.4) is 0 Å². The zero-order valence-electron chi connectivity index (χ0n) is 10.7. The molecule has 0 bridgehead atoms. The van der Waals surface area contributed by atoms with E-state index in [9.17, 15) is 9.59 Å². The Bertz CT molecular complexity index is 268. The maximum atomic E-state index is 11.6. The lowest BCUT2D eigenvalue weighted by atomic mass is 9.86. The summed E-state index contributed by atoms with van der Waals surface area (Å²) in [5.41, 5.74) is 0. The fourth-order valence-corrected chi connectivity index (χ4v) is 2.17. The van der Waals surface area contributed by atoms with Crippen molar-refractivity contribution in [3.63, 3.8) is 0 Å². The molecule has 1 fully saturated rings. The van der Waals surface area contributed by atoms with Gasteiger partial charge in [-0.15, -0.1) is 0 Å². The lowest BCUT2D eigenvalue weighted by Gasteiger charge is -2.29. The normalized spacial score (nSPS) is 24.1. The first-order valence-electron chi connectivity index (χ1n) is 6.34. The second kappa shape index (κ2) is 7.27. The summed E-state index contributed by atoms with van der Waals surface area (Å²) >= 11 is 0. The van der Waals surface area contributed by atoms with E-state index in [1.807, 2.05) is 0 Å². The van der Waals surface area contributed by atoms with Gasteiger partial charge in [0.25, 0.3) is 0 Å². The molecule has 5 heteroatoms. The first-order valence-corrected chi connectivity index (χ1v) is 6.34. The number of rotatable bonds is 5. The fraction of sp³-hybridized carbons (Fsp3) is 0.833. The van der Waals surface area contributed by atoms with E-state index in [0.29, 0.717) is 12.0 Å². The van der Waals surface area contributed by atoms with Gasteiger partial charge in [-0.05, 0) is 18.8 Å². The Morgan fingerprint density at radius 1 is 1.12 bits per heavy atom. The van der Waals surface area contributed by atoms with Crippen LogP contribution in [0.1, 0.15) is 32.6 Å². The number of hydrogen-bond donors (Lipinski definition) is 3. The second-order valence-electron chi connectivity index (χ2n) is 4.71. The molecule has 0 aromatic rings. The van der Waals surface area contributed by atoms with Gasteiger partial charge >= 0.3 is 0 Å². The molecule has 0 saturated heterocycles. The van der Waals surface area contributed by atoms with Gasteiger partial charge in [0.15, 0.2) is 0 Å². The molecule has 17 heavy (non-hydrogen) atoms. The van der Waals surface area contributed by atoms with Crippen LogP contribution in [-0.2, 0) is 9.59 Å². The predicted molar refractivity (Wildman–Crippen MR) is 66.5 cm³/mol. The van der Waals surface area contributed by atoms with E-state index >= 15 is 0 Å². The third-order valence-electron chi connectivity index (χ3n) is 3.31. The molecule has 3 N–H and O–H groups in total. The van der Waals surface area contributed by atoms with E-state index in [1.54, 1.807) is 7.05 Å². The van der Waals surface area contributed by atoms with Crippen molar-refractivity contribution in [2.24, 2.45) is 5.92 Å². The van der Waals surface area contributed by atoms with Crippen LogP contribution < -0.4 is 16.0 Å². The zero-order chi connectivity index (χ0) is 12.7. The Hall–Kier alpha value is -1.10. The van der Waals surface area contributed by atoms with E-state index in [2.05, 4.69) is 22.9 Å². The largest absolute Gasteiger partial charge is 0.358 e. The lowest BCUT2D eigenvalue weighted by Crippen LogP contribution is -2.45. The van der Waals surface area contributed by atoms with Crippen LogP contribution in [0, 0.1) is 5.92 Å². The Morgan fingerprint density at radius 3 is 2.41 bits per heavy atom. The number of likely N-dealkylation sites (N-methyl/N-ethyl adjacent to an activating group) is 1. The van der Waals surface area contributed by atoms with Crippen molar-refractivity contribution in [1.29, 1.82) is 0 Å². The molecule has 1 rings (SSSR count). The van der Waals surface area contributed by atoms with Crippen LogP contribution in [0.15, 0.2) is 0 Å². The summed E-state index contributed by atoms with van der Waals surface area (Å²) in [5.74, 6) is 0.433. The van der Waals surface area contributed by atoms with Crippen LogP contribution >= 0.6 is 0 Å². The molecule has 0 aliphatic heterocycles. The topological polar surface area (TPSA) is 70.2 Å². The molecule has 5 nitrogen and oxygen atoms in total. The summed E-state index contributed by atoms with van der Waals surface area (Å²) in [7, 11) is 1.58. The van der Waals surface area contributed by atoms with Crippen LogP contribution in [0.5, 0.6) is 0 Å². The number of carbonyl (C=O) groups excluding carboxylic acids is 2. The molecule has 0 radical (unpaired) electrons. The standard InChI is InChI=1S/C12H23N3O2/c1-9-5-3-4-6-10(9)15-12(17)8-14-7-11(16)13-2/h9-10,14H,3-8H2,1-2H3,(H,13,16)(H,15,17)/t9-,10+/m0/s1. The minimum atomic E-state index is -0.108. The van der Waals surface area contributed by atoms with Gasteiger partial charge in [0.1, 0.15) is 0 Å². The maximum absolute atomic E-state index is 11.6. The predicted octanol–water partition coefficient (Wildman–Crippen LogP) is 0.0169. The highest BCUT2D eigenvalue weighted by atomic mass is 16.2. The Morgan fingerprint density at radius 2 is 1.76 bits per heavy atom. The molecule has 1 saturated carbocycles. The number of carbonyl (C=O) groups is 2. The van der Waals surface area contributed by atoms with Gasteiger partial charge < -0.3 is 10.6 Å². The highest BCUT2D eigenvalue weighted by Crippen LogP contribution is 2.23. The molecular weight excluding hydrogens is 218 g/mol. The summed E-state index contributed by atoms with van der Waals surface area (Å²) in [6, 6.07) is 0.304. The first kappa shape index (κ1) is 14.0. The van der Waals surface area contributed by atoms with Gasteiger partial charge in [0.2, 0.25) is 11.8 Å². The van der Waals surface area contributed by atoms with Crippen molar-refractivity contribution < 1.29 is 9.59 Å². The van der Waals surface area contributed by atoms with Crippen molar-refractivity contribution in [3.8, 4) is 0 Å². The van der Waals surface area contributed by atoms with Crippen molar-refractivity contribution in [3.05, 3.63) is 0 Å². The van der Waals surface area contributed by atoms with Gasteiger partial charge in [-0.1, -0.05) is 19.8 Å². The molecule has 1 aliphatic carbocycles. The van der Waals surface area contributed by atoms with E-state index in [-0.39, 0.29) is 24.9 Å². The Kier molecular flexibility index (Phi) is 5.97. The van der Waals surface area contributed by atoms with Crippen molar-refractivity contribution in [2.45, 2.75) is 38.6 Å². The minimum Gasteiger partial charge on any atom is -0.358 e. The molecule has 1 aliphatic rings. The van der Waals surface area contributed by atoms with E-state index in [4.69, 9.17) is 0 Å². The summed E-state index contributed by atoms with van der Waals surface area (Å²) in [4.78, 5) is 22.6. The summed E-state index contributed by atoms with van der Waals surface area (Å²) in [6.45, 7) is 2.57. The van der Waals surface area contributed by atoms with Crippen molar-refractivity contribution >= 4 is 11.8 Å². The second-order valence-corrected chi connectivity index (χ2v) is 4.71. The molecule has 0 heterocycles. The fourth-order valence-electron chi connectivity index (χ4n) is 2.17. The third kappa shape index (κ3) is 5.17. The maximum Gasteiger partial charge on any atom is 0.234 e. The lowest BCUT2D eigenvalue weighted by molar-refractivity contribution is -0.122. The van der Waals surface area contributed by atoms with Crippen molar-refractivity contribution in [1.82, 2.24) is 16.0 Å². The third-order valence-corrected chi connectivity index (χ3v) is 3.31. The Balaban J connectivity index is 2.17. The zero-order valence-corrected chi connectivity index (χ0v) is 10.7. The SMILES string of the molecule is CNC(=O)CNCC(=O)N[C@@H]1CCCC[C@@H]1C. The van der Waals surface area contributed by atoms with Gasteiger partial charge in [-0.3, -0.25) is 14.9 Å². The molecule has 0 unspecified atom stereocenters. The summed E-state index contributed by atoms with van der Waals surface area (Å²) in [5, 5.41) is 8.34. The molecule has 2 amide bonds. The van der Waals surface area contributed by atoms with E-state index in [0.717, 1.165) is 6.42 Å². The Labute approximate surface area is 103 Å². The molecule has 0 aromatic heterocycles. The van der Waals surface area contributed by atoms with Gasteiger partial charge in [-0.25, -0.2) is 0 Å².